The largest absolute Gasteiger partial charge is 0.374 e. The number of alkyl halides is 12. The van der Waals surface area contributed by atoms with Crippen molar-refractivity contribution in [2.75, 3.05) is 0 Å². The molecule has 0 saturated carbocycles. The molecule has 13 heteroatoms. The molecule has 0 spiro atoms. The van der Waals surface area contributed by atoms with Gasteiger partial charge in [0.25, 0.3) is 8.31 Å². The molecule has 2 unspecified atom stereocenters. The van der Waals surface area contributed by atoms with E-state index in [0.717, 1.165) is 0 Å². The fourth-order valence-corrected chi connectivity index (χ4v) is 1.48. The van der Waals surface area contributed by atoms with E-state index in [1.807, 2.05) is 0 Å². The van der Waals surface area contributed by atoms with Crippen molar-refractivity contribution >= 4 is 92.8 Å². The van der Waals surface area contributed by atoms with Crippen LogP contribution in [-0.4, -0.2) is 24.1 Å². The number of halogens is 12. The van der Waals surface area contributed by atoms with Gasteiger partial charge in [-0.1, -0.05) is 69.6 Å². The first-order chi connectivity index (χ1) is 7.46. The van der Waals surface area contributed by atoms with Gasteiger partial charge in [0, 0.05) is 0 Å². The van der Waals surface area contributed by atoms with E-state index in [4.69, 9.17) is 69.6 Å². The molecule has 0 N–H and O–H groups in total. The van der Waals surface area contributed by atoms with Gasteiger partial charge in [-0.3, -0.25) is 4.74 Å². The van der Waals surface area contributed by atoms with Crippen LogP contribution in [0.15, 0.2) is 0 Å². The fraction of sp³-hybridized carbons (Fsp3) is 1.00. The molecule has 2 atom stereocenters. The molecule has 0 aliphatic carbocycles. The molecule has 0 bridgehead atoms. The van der Waals surface area contributed by atoms with Crippen LogP contribution >= 0.6 is 92.8 Å². The van der Waals surface area contributed by atoms with Gasteiger partial charge >= 0.3 is 15.8 Å². The van der Waals surface area contributed by atoms with Crippen LogP contribution < -0.4 is 0 Å². The minimum Gasteiger partial charge on any atom is -0.289 e. The quantitative estimate of drug-likeness (QED) is 0.383. The Balaban J connectivity index is 5.33. The molecule has 0 radical (unpaired) electrons. The first kappa shape index (κ1) is 20.0. The molecular weight excluding hydrogens is 436 g/mol. The van der Waals surface area contributed by atoms with E-state index >= 15 is 0 Å². The highest BCUT2D eigenvalue weighted by molar-refractivity contribution is 6.70. The minimum absolute atomic E-state index is 3.04. The lowest BCUT2D eigenvalue weighted by Crippen LogP contribution is -2.55. The van der Waals surface area contributed by atoms with Crippen LogP contribution in [0.5, 0.6) is 0 Å². The molecule has 0 aromatic heterocycles. The molecule has 110 valence electrons. The molecule has 0 aromatic rings. The highest BCUT2D eigenvalue weighted by Gasteiger charge is 2.70. The second-order valence-corrected chi connectivity index (χ2v) is 7.73. The zero-order valence-corrected chi connectivity index (χ0v) is 13.5. The van der Waals surface area contributed by atoms with Crippen molar-refractivity contribution in [3.8, 4) is 0 Å². The molecule has 18 heavy (non-hydrogen) atoms. The summed E-state index contributed by atoms with van der Waals surface area (Å²) in [5.41, 5.74) is 0. The third-order valence-corrected chi connectivity index (χ3v) is 4.42. The fourth-order valence-electron chi connectivity index (χ4n) is 0.448. The molecule has 0 aliphatic rings. The molecular formula is C5Cl8F4O. The lowest BCUT2D eigenvalue weighted by Gasteiger charge is -2.37. The summed E-state index contributed by atoms with van der Waals surface area (Å²) < 4.78 is 49.1. The van der Waals surface area contributed by atoms with Crippen LogP contribution in [0.3, 0.4) is 0 Å². The van der Waals surface area contributed by atoms with Crippen LogP contribution in [-0.2, 0) is 4.74 Å². The summed E-state index contributed by atoms with van der Waals surface area (Å²) in [4.78, 5) is 0. The van der Waals surface area contributed by atoms with Crippen molar-refractivity contribution in [1.29, 1.82) is 0 Å². The topological polar surface area (TPSA) is 9.23 Å². The highest BCUT2D eigenvalue weighted by atomic mass is 35.6. The molecule has 0 amide bonds. The summed E-state index contributed by atoms with van der Waals surface area (Å²) >= 11 is 38.8. The lowest BCUT2D eigenvalue weighted by atomic mass is 10.4. The summed E-state index contributed by atoms with van der Waals surface area (Å²) in [6.45, 7) is 0. The maximum Gasteiger partial charge on any atom is 0.374 e. The summed E-state index contributed by atoms with van der Waals surface area (Å²) in [5.74, 6) is 0. The van der Waals surface area contributed by atoms with E-state index in [1.54, 1.807) is 0 Å². The van der Waals surface area contributed by atoms with Crippen molar-refractivity contribution in [3.05, 3.63) is 0 Å². The maximum atomic E-state index is 13.5. The predicted octanol–water partition coefficient (Wildman–Crippen LogP) is 6.10. The Labute approximate surface area is 138 Å². The Morgan fingerprint density at radius 1 is 0.667 bits per heavy atom. The highest BCUT2D eigenvalue weighted by Crippen LogP contribution is 2.57. The lowest BCUT2D eigenvalue weighted by molar-refractivity contribution is -0.168. The molecule has 0 saturated heterocycles. The van der Waals surface area contributed by atoms with Gasteiger partial charge in [0.05, 0.1) is 0 Å². The Bertz CT molecular complexity index is 308. The average Bonchev–Trinajstić information content (AvgIpc) is 1.96. The standard InChI is InChI=1S/C5Cl8F4O/c6-1(14,4(12,15)16)3(10,11)18-5(13,17)2(7,8)9. The first-order valence-electron chi connectivity index (χ1n) is 3.43. The van der Waals surface area contributed by atoms with Crippen LogP contribution in [0.4, 0.5) is 17.6 Å². The number of hydrogen-bond acceptors (Lipinski definition) is 1. The van der Waals surface area contributed by atoms with E-state index in [1.165, 1.54) is 0 Å². The molecule has 0 fully saturated rings. The van der Waals surface area contributed by atoms with Crippen molar-refractivity contribution in [1.82, 2.24) is 0 Å². The molecule has 1 nitrogen and oxygen atoms in total. The van der Waals surface area contributed by atoms with E-state index in [-0.39, 0.29) is 0 Å². The van der Waals surface area contributed by atoms with Gasteiger partial charge in [-0.2, -0.15) is 13.2 Å². The van der Waals surface area contributed by atoms with Crippen LogP contribution in [0, 0.1) is 0 Å². The summed E-state index contributed by atoms with van der Waals surface area (Å²) in [7, 11) is 0. The van der Waals surface area contributed by atoms with Gasteiger partial charge in [-0.05, 0) is 23.2 Å². The van der Waals surface area contributed by atoms with Crippen molar-refractivity contribution < 1.29 is 22.3 Å². The first-order valence-corrected chi connectivity index (χ1v) is 6.45. The van der Waals surface area contributed by atoms with Crippen molar-refractivity contribution in [2.45, 2.75) is 24.1 Å². The van der Waals surface area contributed by atoms with Gasteiger partial charge in [-0.25, -0.2) is 4.39 Å². The molecule has 0 heterocycles. The zero-order valence-electron chi connectivity index (χ0n) is 7.44. The van der Waals surface area contributed by atoms with E-state index in [2.05, 4.69) is 27.9 Å². The summed E-state index contributed by atoms with van der Waals surface area (Å²) in [6, 6.07) is 0. The SMILES string of the molecule is FC(F)(Cl)C(F)(Cl)C(Cl)(Cl)OC(F)(Cl)C(Cl)(Cl)Cl. The zero-order chi connectivity index (χ0) is 15.2. The predicted molar refractivity (Wildman–Crippen MR) is 66.0 cm³/mol. The van der Waals surface area contributed by atoms with Crippen molar-refractivity contribution in [2.24, 2.45) is 0 Å². The van der Waals surface area contributed by atoms with E-state index in [9.17, 15) is 17.6 Å². The normalized spacial score (nSPS) is 21.3. The minimum atomic E-state index is -4.85. The van der Waals surface area contributed by atoms with E-state index < -0.39 is 24.1 Å². The van der Waals surface area contributed by atoms with Crippen LogP contribution in [0.1, 0.15) is 0 Å². The number of hydrogen-bond donors (Lipinski definition) is 0. The Hall–Kier alpha value is 2.00. The molecule has 0 aliphatic heterocycles. The van der Waals surface area contributed by atoms with Gasteiger partial charge in [-0.15, -0.1) is 0 Å². The molecule has 0 rings (SSSR count). The Kier molecular flexibility index (Phi) is 6.28. The number of ether oxygens (including phenoxy) is 1. The van der Waals surface area contributed by atoms with Gasteiger partial charge in [0.15, 0.2) is 0 Å². The summed E-state index contributed by atoms with van der Waals surface area (Å²) in [5, 5.41) is -13.2. The van der Waals surface area contributed by atoms with Gasteiger partial charge < -0.3 is 0 Å². The smallest absolute Gasteiger partial charge is 0.289 e. The van der Waals surface area contributed by atoms with Crippen LogP contribution in [0.25, 0.3) is 0 Å². The maximum absolute atomic E-state index is 13.5. The van der Waals surface area contributed by atoms with Crippen molar-refractivity contribution in [3.63, 3.8) is 0 Å². The second kappa shape index (κ2) is 5.65. The van der Waals surface area contributed by atoms with Gasteiger partial charge in [0.2, 0.25) is 0 Å². The second-order valence-electron chi connectivity index (χ2n) is 2.71. The Morgan fingerprint density at radius 3 is 1.22 bits per heavy atom. The number of rotatable bonds is 4. The van der Waals surface area contributed by atoms with Gasteiger partial charge in [0.1, 0.15) is 0 Å². The third kappa shape index (κ3) is 4.25. The van der Waals surface area contributed by atoms with E-state index in [0.29, 0.717) is 0 Å². The third-order valence-electron chi connectivity index (χ3n) is 1.31. The Morgan fingerprint density at radius 2 is 1.00 bits per heavy atom. The van der Waals surface area contributed by atoms with Crippen LogP contribution in [0.2, 0.25) is 0 Å². The summed E-state index contributed by atoms with van der Waals surface area (Å²) in [6.07, 6.45) is 0. The monoisotopic (exact) mass is 432 g/mol. The average molecular weight is 436 g/mol. The molecule has 0 aromatic carbocycles.